The molecule has 2 unspecified atom stereocenters. The number of fused-ring (bicyclic) bond motifs is 5. The lowest BCUT2D eigenvalue weighted by atomic mass is 9.59. The van der Waals surface area contributed by atoms with Crippen molar-refractivity contribution in [1.29, 1.82) is 0 Å². The van der Waals surface area contributed by atoms with Crippen LogP contribution in [0.5, 0.6) is 0 Å². The predicted molar refractivity (Wildman–Crippen MR) is 142 cm³/mol. The van der Waals surface area contributed by atoms with Gasteiger partial charge in [-0.1, -0.05) is 133 Å². The third-order valence-corrected chi connectivity index (χ3v) is 8.56. The molecule has 4 aromatic rings. The molecule has 3 aliphatic carbocycles. The van der Waals surface area contributed by atoms with Crippen molar-refractivity contribution < 1.29 is 4.79 Å². The minimum atomic E-state index is -0.721. The molecule has 168 valence electrons. The topological polar surface area (TPSA) is 17.1 Å². The Bertz CT molecular complexity index is 1470. The van der Waals surface area contributed by atoms with Crippen molar-refractivity contribution in [3.63, 3.8) is 0 Å². The highest BCUT2D eigenvalue weighted by atomic mass is 16.1. The summed E-state index contributed by atoms with van der Waals surface area (Å²) in [7, 11) is 0. The highest BCUT2D eigenvalue weighted by Gasteiger charge is 2.76. The highest BCUT2D eigenvalue weighted by molar-refractivity contribution is 6.30. The quantitative estimate of drug-likeness (QED) is 0.299. The SMILES string of the molecule is O=C1[C@]2(c3ccccc3)C(c3ccccc3)=C(c3ccccc3)[C@@]1(c1ccccc1)C1CC=CC12. The van der Waals surface area contributed by atoms with Gasteiger partial charge in [-0.05, 0) is 45.7 Å². The van der Waals surface area contributed by atoms with Gasteiger partial charge >= 0.3 is 0 Å². The van der Waals surface area contributed by atoms with Gasteiger partial charge in [0.2, 0.25) is 0 Å². The van der Waals surface area contributed by atoms with E-state index < -0.39 is 10.8 Å². The van der Waals surface area contributed by atoms with Crippen LogP contribution in [0.3, 0.4) is 0 Å². The molecule has 4 atom stereocenters. The Labute approximate surface area is 206 Å². The average Bonchev–Trinajstić information content (AvgIpc) is 3.57. The molecule has 7 rings (SSSR count). The van der Waals surface area contributed by atoms with E-state index in [1.54, 1.807) is 0 Å². The molecule has 0 aromatic heterocycles. The standard InChI is InChI=1S/C34H26O/c35-32-33(26-18-9-3-10-19-26)28-22-13-23-29(28)34(32,27-20-11-4-12-21-27)31(25-16-7-2-8-17-25)30(33)24-14-5-1-6-15-24/h1-22,28-29H,23H2/t28?,29?,33-,34+/m0/s1. The van der Waals surface area contributed by atoms with Crippen molar-refractivity contribution in [3.8, 4) is 0 Å². The summed E-state index contributed by atoms with van der Waals surface area (Å²) in [4.78, 5) is 15.3. The van der Waals surface area contributed by atoms with Crippen molar-refractivity contribution in [2.75, 3.05) is 0 Å². The fourth-order valence-electron chi connectivity index (χ4n) is 7.46. The Balaban J connectivity index is 1.70. The number of hydrogen-bond donors (Lipinski definition) is 0. The molecule has 0 saturated heterocycles. The van der Waals surface area contributed by atoms with Gasteiger partial charge in [0.15, 0.2) is 5.78 Å². The van der Waals surface area contributed by atoms with Crippen LogP contribution in [0.15, 0.2) is 133 Å². The Kier molecular flexibility index (Phi) is 4.38. The molecule has 1 fully saturated rings. The minimum absolute atomic E-state index is 0.125. The zero-order valence-electron chi connectivity index (χ0n) is 19.5. The first-order valence-corrected chi connectivity index (χ1v) is 12.5. The number of allylic oxidation sites excluding steroid dienone is 4. The molecule has 1 heteroatoms. The van der Waals surface area contributed by atoms with Gasteiger partial charge in [0.05, 0.1) is 10.8 Å². The van der Waals surface area contributed by atoms with Crippen LogP contribution in [0.1, 0.15) is 28.7 Å². The largest absolute Gasteiger partial charge is 0.297 e. The lowest BCUT2D eigenvalue weighted by molar-refractivity contribution is -0.123. The summed E-state index contributed by atoms with van der Waals surface area (Å²) in [6.45, 7) is 0. The normalized spacial score (nSPS) is 28.5. The number of rotatable bonds is 4. The van der Waals surface area contributed by atoms with Gasteiger partial charge < -0.3 is 0 Å². The Morgan fingerprint density at radius 2 is 0.971 bits per heavy atom. The smallest absolute Gasteiger partial charge is 0.163 e. The first-order valence-electron chi connectivity index (χ1n) is 12.5. The first kappa shape index (κ1) is 20.4. The van der Waals surface area contributed by atoms with E-state index in [4.69, 9.17) is 0 Å². The molecule has 0 amide bonds. The second-order valence-electron chi connectivity index (χ2n) is 9.96. The summed E-state index contributed by atoms with van der Waals surface area (Å²) in [5, 5.41) is 0. The molecule has 3 aliphatic rings. The molecule has 0 heterocycles. The van der Waals surface area contributed by atoms with Gasteiger partial charge in [-0.25, -0.2) is 0 Å². The molecule has 0 N–H and O–H groups in total. The van der Waals surface area contributed by atoms with Crippen molar-refractivity contribution in [1.82, 2.24) is 0 Å². The Morgan fingerprint density at radius 1 is 0.543 bits per heavy atom. The monoisotopic (exact) mass is 450 g/mol. The maximum absolute atomic E-state index is 15.3. The predicted octanol–water partition coefficient (Wildman–Crippen LogP) is 7.26. The van der Waals surface area contributed by atoms with Crippen molar-refractivity contribution >= 4 is 16.9 Å². The molecule has 0 aliphatic heterocycles. The molecule has 0 spiro atoms. The molecular formula is C34H26O. The van der Waals surface area contributed by atoms with Gasteiger partial charge in [0.1, 0.15) is 0 Å². The van der Waals surface area contributed by atoms with Gasteiger partial charge in [0.25, 0.3) is 0 Å². The summed E-state index contributed by atoms with van der Waals surface area (Å²) in [5.41, 5.74) is 5.46. The highest BCUT2D eigenvalue weighted by Crippen LogP contribution is 2.74. The van der Waals surface area contributed by atoms with Gasteiger partial charge in [-0.3, -0.25) is 4.79 Å². The lowest BCUT2D eigenvalue weighted by Crippen LogP contribution is -2.38. The van der Waals surface area contributed by atoms with Crippen LogP contribution in [0.4, 0.5) is 0 Å². The van der Waals surface area contributed by atoms with E-state index in [-0.39, 0.29) is 11.8 Å². The van der Waals surface area contributed by atoms with Crippen LogP contribution < -0.4 is 0 Å². The Hall–Kier alpha value is -3.97. The van der Waals surface area contributed by atoms with Crippen molar-refractivity contribution in [2.45, 2.75) is 17.3 Å². The van der Waals surface area contributed by atoms with Crippen LogP contribution in [0, 0.1) is 11.8 Å². The summed E-state index contributed by atoms with van der Waals surface area (Å²) in [6.07, 6.45) is 5.57. The van der Waals surface area contributed by atoms with Gasteiger partial charge in [-0.2, -0.15) is 0 Å². The molecule has 4 aromatic carbocycles. The van der Waals surface area contributed by atoms with Crippen LogP contribution in [0.25, 0.3) is 11.1 Å². The third-order valence-electron chi connectivity index (χ3n) is 8.56. The molecule has 2 bridgehead atoms. The van der Waals surface area contributed by atoms with Gasteiger partial charge in [0, 0.05) is 5.92 Å². The molecular weight excluding hydrogens is 424 g/mol. The zero-order chi connectivity index (χ0) is 23.5. The van der Waals surface area contributed by atoms with Crippen LogP contribution in [-0.4, -0.2) is 5.78 Å². The summed E-state index contributed by atoms with van der Waals surface area (Å²) in [5.74, 6) is 0.653. The number of carbonyl (C=O) groups excluding carboxylic acids is 1. The Morgan fingerprint density at radius 3 is 1.49 bits per heavy atom. The fourth-order valence-corrected chi connectivity index (χ4v) is 7.46. The maximum atomic E-state index is 15.3. The van der Waals surface area contributed by atoms with Crippen LogP contribution >= 0.6 is 0 Å². The summed E-state index contributed by atoms with van der Waals surface area (Å²) < 4.78 is 0. The molecule has 1 saturated carbocycles. The number of Topliss-reactive ketones (excluding diaryl/α,β-unsaturated/α-hetero) is 1. The van der Waals surface area contributed by atoms with E-state index in [2.05, 4.69) is 121 Å². The van der Waals surface area contributed by atoms with E-state index >= 15 is 4.79 Å². The van der Waals surface area contributed by atoms with Crippen LogP contribution in [-0.2, 0) is 15.6 Å². The summed E-state index contributed by atoms with van der Waals surface area (Å²) >= 11 is 0. The molecule has 1 nitrogen and oxygen atoms in total. The number of carbonyl (C=O) groups is 1. The lowest BCUT2D eigenvalue weighted by Gasteiger charge is -2.41. The second kappa shape index (κ2) is 7.52. The third kappa shape index (κ3) is 2.46. The number of benzene rings is 4. The number of hydrogen-bond acceptors (Lipinski definition) is 1. The fraction of sp³-hybridized carbons (Fsp3) is 0.147. The summed E-state index contributed by atoms with van der Waals surface area (Å²) in [6, 6.07) is 42.3. The minimum Gasteiger partial charge on any atom is -0.297 e. The number of ketones is 1. The zero-order valence-corrected chi connectivity index (χ0v) is 19.5. The second-order valence-corrected chi connectivity index (χ2v) is 9.96. The van der Waals surface area contributed by atoms with E-state index in [9.17, 15) is 0 Å². The van der Waals surface area contributed by atoms with Crippen molar-refractivity contribution in [2.24, 2.45) is 11.8 Å². The first-order chi connectivity index (χ1) is 17.3. The van der Waals surface area contributed by atoms with Crippen molar-refractivity contribution in [3.05, 3.63) is 156 Å². The van der Waals surface area contributed by atoms with E-state index in [0.29, 0.717) is 5.78 Å². The van der Waals surface area contributed by atoms with Crippen LogP contribution in [0.2, 0.25) is 0 Å². The molecule has 0 radical (unpaired) electrons. The average molecular weight is 451 g/mol. The van der Waals surface area contributed by atoms with E-state index in [1.165, 1.54) is 11.1 Å². The van der Waals surface area contributed by atoms with E-state index in [1.807, 2.05) is 12.1 Å². The maximum Gasteiger partial charge on any atom is 0.163 e. The molecule has 35 heavy (non-hydrogen) atoms. The van der Waals surface area contributed by atoms with Gasteiger partial charge in [-0.15, -0.1) is 0 Å². The van der Waals surface area contributed by atoms with E-state index in [0.717, 1.165) is 28.7 Å².